The maximum Gasteiger partial charge on any atom is 0.245 e. The molecule has 1 heterocycles. The molecule has 0 aliphatic carbocycles. The normalized spacial score (nSPS) is 16.8. The standard InChI is InChI=1S/C25H34N4O5S/c1-25(2,26)24(31)28-21(17-34-16-18-9-5-4-6-10-18)23(30)27-14-19-13-20-11-7-8-12-22(20)29(15-19)35(3,32)33/h4-12,19,21H,13-17,26H2,1-3H3,(H,27,30)(H,28,31)/t19?,21-/m1/s1. The average molecular weight is 503 g/mol. The van der Waals surface area contributed by atoms with E-state index in [1.165, 1.54) is 10.6 Å². The summed E-state index contributed by atoms with van der Waals surface area (Å²) in [5.41, 5.74) is 7.25. The van der Waals surface area contributed by atoms with Gasteiger partial charge in [-0.1, -0.05) is 48.5 Å². The van der Waals surface area contributed by atoms with E-state index in [1.54, 1.807) is 26.0 Å². The van der Waals surface area contributed by atoms with Crippen LogP contribution in [0.15, 0.2) is 54.6 Å². The molecular formula is C25H34N4O5S. The molecule has 0 fully saturated rings. The van der Waals surface area contributed by atoms with Crippen LogP contribution in [-0.2, 0) is 37.4 Å². The van der Waals surface area contributed by atoms with E-state index in [9.17, 15) is 18.0 Å². The number of carbonyl (C=O) groups excluding carboxylic acids is 2. The maximum atomic E-state index is 13.0. The minimum Gasteiger partial charge on any atom is -0.374 e. The van der Waals surface area contributed by atoms with E-state index in [0.717, 1.165) is 11.1 Å². The smallest absolute Gasteiger partial charge is 0.245 e. The number of anilines is 1. The second-order valence-electron chi connectivity index (χ2n) is 9.49. The zero-order chi connectivity index (χ0) is 25.6. The maximum absolute atomic E-state index is 13.0. The van der Waals surface area contributed by atoms with E-state index in [4.69, 9.17) is 10.5 Å². The van der Waals surface area contributed by atoms with E-state index < -0.39 is 33.4 Å². The largest absolute Gasteiger partial charge is 0.374 e. The molecule has 0 bridgehead atoms. The average Bonchev–Trinajstić information content (AvgIpc) is 2.80. The number of hydrogen-bond acceptors (Lipinski definition) is 6. The van der Waals surface area contributed by atoms with Crippen LogP contribution in [0.3, 0.4) is 0 Å². The van der Waals surface area contributed by atoms with Gasteiger partial charge in [-0.05, 0) is 43.4 Å². The zero-order valence-electron chi connectivity index (χ0n) is 20.4. The quantitative estimate of drug-likeness (QED) is 0.447. The molecule has 9 nitrogen and oxygen atoms in total. The van der Waals surface area contributed by atoms with Crippen molar-refractivity contribution in [2.24, 2.45) is 11.7 Å². The van der Waals surface area contributed by atoms with Gasteiger partial charge in [0.25, 0.3) is 0 Å². The highest BCUT2D eigenvalue weighted by Gasteiger charge is 2.32. The topological polar surface area (TPSA) is 131 Å². The van der Waals surface area contributed by atoms with Crippen molar-refractivity contribution in [2.45, 2.75) is 38.5 Å². The Hall–Kier alpha value is -2.95. The van der Waals surface area contributed by atoms with Crippen LogP contribution >= 0.6 is 0 Å². The molecule has 2 amide bonds. The number of nitrogens with zero attached hydrogens (tertiary/aromatic N) is 1. The molecule has 2 aromatic carbocycles. The number of nitrogens with one attached hydrogen (secondary N) is 2. The van der Waals surface area contributed by atoms with Crippen molar-refractivity contribution < 1.29 is 22.7 Å². The number of para-hydroxylation sites is 1. The monoisotopic (exact) mass is 502 g/mol. The van der Waals surface area contributed by atoms with Crippen LogP contribution in [0.4, 0.5) is 5.69 Å². The number of ether oxygens (including phenoxy) is 1. The van der Waals surface area contributed by atoms with Gasteiger partial charge in [0.15, 0.2) is 0 Å². The molecule has 190 valence electrons. The Morgan fingerprint density at radius 3 is 2.46 bits per heavy atom. The molecule has 2 aromatic rings. The lowest BCUT2D eigenvalue weighted by Gasteiger charge is -2.34. The van der Waals surface area contributed by atoms with E-state index >= 15 is 0 Å². The van der Waals surface area contributed by atoms with E-state index in [1.807, 2.05) is 42.5 Å². The van der Waals surface area contributed by atoms with Gasteiger partial charge in [0, 0.05) is 13.1 Å². The van der Waals surface area contributed by atoms with Gasteiger partial charge in [0.05, 0.1) is 30.7 Å². The number of sulfonamides is 1. The van der Waals surface area contributed by atoms with Crippen molar-refractivity contribution in [3.05, 3.63) is 65.7 Å². The number of benzene rings is 2. The van der Waals surface area contributed by atoms with Crippen LogP contribution in [0.2, 0.25) is 0 Å². The molecule has 3 rings (SSSR count). The molecule has 1 aliphatic heterocycles. The van der Waals surface area contributed by atoms with Gasteiger partial charge in [0.1, 0.15) is 6.04 Å². The van der Waals surface area contributed by atoms with E-state index in [-0.39, 0.29) is 32.2 Å². The fraction of sp³-hybridized carbons (Fsp3) is 0.440. The van der Waals surface area contributed by atoms with Gasteiger partial charge < -0.3 is 21.1 Å². The molecule has 1 unspecified atom stereocenters. The first kappa shape index (κ1) is 26.7. The first-order valence-electron chi connectivity index (χ1n) is 11.5. The summed E-state index contributed by atoms with van der Waals surface area (Å²) < 4.78 is 31.8. The van der Waals surface area contributed by atoms with Gasteiger partial charge in [0.2, 0.25) is 21.8 Å². The van der Waals surface area contributed by atoms with Crippen LogP contribution in [0.5, 0.6) is 0 Å². The van der Waals surface area contributed by atoms with Crippen molar-refractivity contribution in [3.8, 4) is 0 Å². The molecule has 0 saturated heterocycles. The molecule has 0 aromatic heterocycles. The highest BCUT2D eigenvalue weighted by atomic mass is 32.2. The summed E-state index contributed by atoms with van der Waals surface area (Å²) >= 11 is 0. The van der Waals surface area contributed by atoms with Crippen LogP contribution in [0.1, 0.15) is 25.0 Å². The van der Waals surface area contributed by atoms with Gasteiger partial charge >= 0.3 is 0 Å². The predicted octanol–water partition coefficient (Wildman–Crippen LogP) is 1.18. The summed E-state index contributed by atoms with van der Waals surface area (Å²) in [5.74, 6) is -1.02. The summed E-state index contributed by atoms with van der Waals surface area (Å²) in [7, 11) is -3.47. The third-order valence-electron chi connectivity index (χ3n) is 5.76. The van der Waals surface area contributed by atoms with Crippen molar-refractivity contribution >= 4 is 27.5 Å². The fourth-order valence-corrected chi connectivity index (χ4v) is 4.87. The third-order valence-corrected chi connectivity index (χ3v) is 6.91. The number of nitrogens with two attached hydrogens (primary N) is 1. The lowest BCUT2D eigenvalue weighted by molar-refractivity contribution is -0.132. The molecule has 4 N–H and O–H groups in total. The molecule has 2 atom stereocenters. The Morgan fingerprint density at radius 2 is 1.80 bits per heavy atom. The third kappa shape index (κ3) is 7.51. The van der Waals surface area contributed by atoms with Gasteiger partial charge in [-0.25, -0.2) is 8.42 Å². The molecule has 0 radical (unpaired) electrons. The minimum atomic E-state index is -3.47. The van der Waals surface area contributed by atoms with Gasteiger partial charge in [-0.3, -0.25) is 13.9 Å². The number of fused-ring (bicyclic) bond motifs is 1. The first-order valence-corrected chi connectivity index (χ1v) is 13.3. The molecular weight excluding hydrogens is 468 g/mol. The Bertz CT molecular complexity index is 1130. The summed E-state index contributed by atoms with van der Waals surface area (Å²) in [4.78, 5) is 25.5. The molecule has 10 heteroatoms. The second kappa shape index (κ2) is 11.2. The summed E-state index contributed by atoms with van der Waals surface area (Å²) in [6.45, 7) is 3.87. The van der Waals surface area contributed by atoms with E-state index in [2.05, 4.69) is 10.6 Å². The Kier molecular flexibility index (Phi) is 8.52. The Labute approximate surface area is 207 Å². The van der Waals surface area contributed by atoms with Crippen LogP contribution in [0.25, 0.3) is 0 Å². The van der Waals surface area contributed by atoms with Gasteiger partial charge in [-0.2, -0.15) is 0 Å². The number of rotatable bonds is 10. The number of carbonyl (C=O) groups is 2. The summed E-state index contributed by atoms with van der Waals surface area (Å²) in [6, 6.07) is 15.9. The van der Waals surface area contributed by atoms with Crippen LogP contribution < -0.4 is 20.7 Å². The second-order valence-corrected chi connectivity index (χ2v) is 11.4. The lowest BCUT2D eigenvalue weighted by Crippen LogP contribution is -2.57. The molecule has 35 heavy (non-hydrogen) atoms. The highest BCUT2D eigenvalue weighted by molar-refractivity contribution is 7.92. The molecule has 1 aliphatic rings. The zero-order valence-corrected chi connectivity index (χ0v) is 21.2. The van der Waals surface area contributed by atoms with E-state index in [0.29, 0.717) is 12.1 Å². The van der Waals surface area contributed by atoms with Crippen molar-refractivity contribution in [2.75, 3.05) is 30.3 Å². The number of amides is 2. The predicted molar refractivity (Wildman–Crippen MR) is 135 cm³/mol. The van der Waals surface area contributed by atoms with Crippen molar-refractivity contribution in [1.29, 1.82) is 0 Å². The van der Waals surface area contributed by atoms with Crippen molar-refractivity contribution in [1.82, 2.24) is 10.6 Å². The minimum absolute atomic E-state index is 0.0362. The lowest BCUT2D eigenvalue weighted by atomic mass is 9.94. The Balaban J connectivity index is 1.65. The number of hydrogen-bond donors (Lipinski definition) is 3. The Morgan fingerprint density at radius 1 is 1.14 bits per heavy atom. The van der Waals surface area contributed by atoms with Crippen LogP contribution in [0, 0.1) is 5.92 Å². The van der Waals surface area contributed by atoms with Gasteiger partial charge in [-0.15, -0.1) is 0 Å². The summed E-state index contributed by atoms with van der Waals surface area (Å²) in [6.07, 6.45) is 1.80. The molecule has 0 saturated carbocycles. The summed E-state index contributed by atoms with van der Waals surface area (Å²) in [5, 5.41) is 5.54. The van der Waals surface area contributed by atoms with Crippen molar-refractivity contribution in [3.63, 3.8) is 0 Å². The first-order chi connectivity index (χ1) is 16.4. The molecule has 0 spiro atoms. The SMILES string of the molecule is CC(C)(N)C(=O)N[C@H](COCc1ccccc1)C(=O)NCC1Cc2ccccc2N(S(C)(=O)=O)C1. The fourth-order valence-electron chi connectivity index (χ4n) is 3.85. The van der Waals surface area contributed by atoms with Crippen LogP contribution in [-0.4, -0.2) is 57.8 Å². The highest BCUT2D eigenvalue weighted by Crippen LogP contribution is 2.31.